The van der Waals surface area contributed by atoms with Crippen LogP contribution in [0.15, 0.2) is 6.20 Å². The second-order valence-electron chi connectivity index (χ2n) is 2.08. The molecule has 0 aromatic carbocycles. The van der Waals surface area contributed by atoms with E-state index in [1.54, 1.807) is 6.92 Å². The maximum atomic E-state index is 10.4. The summed E-state index contributed by atoms with van der Waals surface area (Å²) in [6.45, 7) is 1.77. The van der Waals surface area contributed by atoms with Crippen LogP contribution in [-0.4, -0.2) is 14.9 Å². The van der Waals surface area contributed by atoms with E-state index in [-0.39, 0.29) is 11.0 Å². The predicted molar refractivity (Wildman–Crippen MR) is 43.1 cm³/mol. The van der Waals surface area contributed by atoms with Crippen molar-refractivity contribution in [1.82, 2.24) is 9.97 Å². The normalized spacial score (nSPS) is 9.83. The summed E-state index contributed by atoms with van der Waals surface area (Å²) in [5.74, 6) is 0. The molecule has 0 fully saturated rings. The SMILES string of the molecule is CCc1nc(Cl)ncc1[N+](=O)[O-]. The highest BCUT2D eigenvalue weighted by molar-refractivity contribution is 6.28. The second kappa shape index (κ2) is 3.44. The van der Waals surface area contributed by atoms with Crippen molar-refractivity contribution in [2.45, 2.75) is 13.3 Å². The van der Waals surface area contributed by atoms with Gasteiger partial charge in [-0.05, 0) is 18.0 Å². The zero-order valence-electron chi connectivity index (χ0n) is 6.32. The van der Waals surface area contributed by atoms with E-state index in [1.165, 1.54) is 0 Å². The molecule has 0 aliphatic carbocycles. The Morgan fingerprint density at radius 3 is 2.92 bits per heavy atom. The van der Waals surface area contributed by atoms with Gasteiger partial charge in [0.2, 0.25) is 5.28 Å². The predicted octanol–water partition coefficient (Wildman–Crippen LogP) is 1.60. The van der Waals surface area contributed by atoms with Crippen molar-refractivity contribution in [3.8, 4) is 0 Å². The molecule has 0 radical (unpaired) electrons. The third kappa shape index (κ3) is 1.68. The highest BCUT2D eigenvalue weighted by Crippen LogP contribution is 2.16. The monoisotopic (exact) mass is 187 g/mol. The zero-order chi connectivity index (χ0) is 9.14. The molecule has 12 heavy (non-hydrogen) atoms. The molecule has 0 saturated heterocycles. The van der Waals surface area contributed by atoms with Gasteiger partial charge in [-0.3, -0.25) is 10.1 Å². The molecule has 1 aromatic heterocycles. The van der Waals surface area contributed by atoms with Crippen molar-refractivity contribution >= 4 is 17.3 Å². The molecule has 1 rings (SSSR count). The molecule has 0 aliphatic rings. The lowest BCUT2D eigenvalue weighted by Gasteiger charge is -1.96. The average Bonchev–Trinajstić information content (AvgIpc) is 2.03. The Kier molecular flexibility index (Phi) is 2.54. The maximum absolute atomic E-state index is 10.4. The minimum absolute atomic E-state index is 0.0393. The fraction of sp³-hybridized carbons (Fsp3) is 0.333. The summed E-state index contributed by atoms with van der Waals surface area (Å²) in [6, 6.07) is 0. The van der Waals surface area contributed by atoms with Crippen molar-refractivity contribution < 1.29 is 4.92 Å². The molecule has 64 valence electrons. The van der Waals surface area contributed by atoms with Crippen LogP contribution in [0.4, 0.5) is 5.69 Å². The summed E-state index contributed by atoms with van der Waals surface area (Å²) < 4.78 is 0. The van der Waals surface area contributed by atoms with Crippen LogP contribution in [0.2, 0.25) is 5.28 Å². The molecular formula is C6H6ClN3O2. The summed E-state index contributed by atoms with van der Waals surface area (Å²) >= 11 is 5.46. The number of nitro groups is 1. The van der Waals surface area contributed by atoms with Gasteiger partial charge in [0.25, 0.3) is 0 Å². The van der Waals surface area contributed by atoms with Gasteiger partial charge in [-0.15, -0.1) is 0 Å². The number of aryl methyl sites for hydroxylation is 1. The molecule has 5 nitrogen and oxygen atoms in total. The lowest BCUT2D eigenvalue weighted by molar-refractivity contribution is -0.386. The van der Waals surface area contributed by atoms with E-state index in [0.717, 1.165) is 6.20 Å². The number of nitrogens with zero attached hydrogens (tertiary/aromatic N) is 3. The van der Waals surface area contributed by atoms with E-state index >= 15 is 0 Å². The summed E-state index contributed by atoms with van der Waals surface area (Å²) in [4.78, 5) is 17.1. The summed E-state index contributed by atoms with van der Waals surface area (Å²) in [7, 11) is 0. The highest BCUT2D eigenvalue weighted by Gasteiger charge is 2.14. The van der Waals surface area contributed by atoms with Crippen LogP contribution in [0.25, 0.3) is 0 Å². The molecule has 0 bridgehead atoms. The quantitative estimate of drug-likeness (QED) is 0.401. The lowest BCUT2D eigenvalue weighted by Crippen LogP contribution is -1.98. The summed E-state index contributed by atoms with van der Waals surface area (Å²) in [5, 5.41) is 10.4. The Bertz CT molecular complexity index is 316. The Morgan fingerprint density at radius 1 is 1.75 bits per heavy atom. The molecule has 0 aliphatic heterocycles. The van der Waals surface area contributed by atoms with E-state index < -0.39 is 4.92 Å². The smallest absolute Gasteiger partial charge is 0.258 e. The van der Waals surface area contributed by atoms with Crippen LogP contribution in [-0.2, 0) is 6.42 Å². The molecule has 0 atom stereocenters. The number of aromatic nitrogens is 2. The first kappa shape index (κ1) is 8.86. The minimum Gasteiger partial charge on any atom is -0.258 e. The third-order valence-corrected chi connectivity index (χ3v) is 1.53. The van der Waals surface area contributed by atoms with Crippen LogP contribution >= 0.6 is 11.6 Å². The first-order chi connectivity index (χ1) is 5.65. The van der Waals surface area contributed by atoms with E-state index in [4.69, 9.17) is 11.6 Å². The van der Waals surface area contributed by atoms with E-state index in [9.17, 15) is 10.1 Å². The van der Waals surface area contributed by atoms with Crippen LogP contribution in [0.1, 0.15) is 12.6 Å². The second-order valence-corrected chi connectivity index (χ2v) is 2.42. The summed E-state index contributed by atoms with van der Waals surface area (Å²) in [6.07, 6.45) is 1.59. The van der Waals surface area contributed by atoms with Crippen molar-refractivity contribution in [2.24, 2.45) is 0 Å². The van der Waals surface area contributed by atoms with Crippen molar-refractivity contribution in [3.05, 3.63) is 27.3 Å². The van der Waals surface area contributed by atoms with Crippen LogP contribution < -0.4 is 0 Å². The molecule has 0 saturated carbocycles. The molecule has 6 heteroatoms. The first-order valence-electron chi connectivity index (χ1n) is 3.31. The molecular weight excluding hydrogens is 182 g/mol. The van der Waals surface area contributed by atoms with Gasteiger partial charge < -0.3 is 0 Å². The standard InChI is InChI=1S/C6H6ClN3O2/c1-2-4-5(10(11)12)3-8-6(7)9-4/h3H,2H2,1H3. The Labute approximate surface area is 73.6 Å². The van der Waals surface area contributed by atoms with Gasteiger partial charge in [0.15, 0.2) is 0 Å². The van der Waals surface area contributed by atoms with Crippen LogP contribution in [0.3, 0.4) is 0 Å². The molecule has 0 N–H and O–H groups in total. The zero-order valence-corrected chi connectivity index (χ0v) is 7.08. The van der Waals surface area contributed by atoms with E-state index in [1.807, 2.05) is 0 Å². The Hall–Kier alpha value is -1.23. The Balaban J connectivity index is 3.20. The van der Waals surface area contributed by atoms with E-state index in [0.29, 0.717) is 12.1 Å². The van der Waals surface area contributed by atoms with Gasteiger partial charge >= 0.3 is 5.69 Å². The number of rotatable bonds is 2. The number of halogens is 1. The van der Waals surface area contributed by atoms with Gasteiger partial charge in [0.05, 0.1) is 4.92 Å². The largest absolute Gasteiger partial charge is 0.308 e. The topological polar surface area (TPSA) is 68.9 Å². The average molecular weight is 188 g/mol. The highest BCUT2D eigenvalue weighted by atomic mass is 35.5. The lowest BCUT2D eigenvalue weighted by atomic mass is 10.3. The van der Waals surface area contributed by atoms with Crippen molar-refractivity contribution in [3.63, 3.8) is 0 Å². The fourth-order valence-corrected chi connectivity index (χ4v) is 0.950. The van der Waals surface area contributed by atoms with Gasteiger partial charge in [0, 0.05) is 0 Å². The summed E-state index contributed by atoms with van der Waals surface area (Å²) in [5.41, 5.74) is 0.280. The minimum atomic E-state index is -0.519. The first-order valence-corrected chi connectivity index (χ1v) is 3.68. The van der Waals surface area contributed by atoms with Gasteiger partial charge in [-0.2, -0.15) is 0 Å². The van der Waals surface area contributed by atoms with Gasteiger partial charge in [-0.1, -0.05) is 6.92 Å². The Morgan fingerprint density at radius 2 is 2.42 bits per heavy atom. The van der Waals surface area contributed by atoms with Crippen molar-refractivity contribution in [1.29, 1.82) is 0 Å². The molecule has 0 amide bonds. The van der Waals surface area contributed by atoms with E-state index in [2.05, 4.69) is 9.97 Å². The van der Waals surface area contributed by atoms with Crippen LogP contribution in [0.5, 0.6) is 0 Å². The number of hydrogen-bond donors (Lipinski definition) is 0. The molecule has 1 aromatic rings. The third-order valence-electron chi connectivity index (χ3n) is 1.35. The van der Waals surface area contributed by atoms with Gasteiger partial charge in [0.1, 0.15) is 11.9 Å². The molecule has 0 spiro atoms. The molecule has 1 heterocycles. The molecule has 0 unspecified atom stereocenters. The van der Waals surface area contributed by atoms with Crippen LogP contribution in [0, 0.1) is 10.1 Å². The van der Waals surface area contributed by atoms with Crippen molar-refractivity contribution in [2.75, 3.05) is 0 Å². The fourth-order valence-electron chi connectivity index (χ4n) is 0.799. The van der Waals surface area contributed by atoms with Gasteiger partial charge in [-0.25, -0.2) is 9.97 Å². The number of hydrogen-bond acceptors (Lipinski definition) is 4. The maximum Gasteiger partial charge on any atom is 0.308 e.